The molecule has 63 heavy (non-hydrogen) atoms. The van der Waals surface area contributed by atoms with Crippen molar-refractivity contribution in [3.63, 3.8) is 0 Å². The Hall–Kier alpha value is -8.40. The highest BCUT2D eigenvalue weighted by Crippen LogP contribution is 2.44. The summed E-state index contributed by atoms with van der Waals surface area (Å²) in [7, 11) is 0. The van der Waals surface area contributed by atoms with Gasteiger partial charge in [0.15, 0.2) is 0 Å². The van der Waals surface area contributed by atoms with Gasteiger partial charge in [-0.25, -0.2) is 0 Å². The van der Waals surface area contributed by atoms with Gasteiger partial charge in [-0.05, 0) is 101 Å². The molecule has 0 saturated heterocycles. The first-order chi connectivity index (χ1) is 31.3. The highest BCUT2D eigenvalue weighted by atomic mass is 15.1. The van der Waals surface area contributed by atoms with Gasteiger partial charge in [0.2, 0.25) is 0 Å². The van der Waals surface area contributed by atoms with Gasteiger partial charge in [-0.3, -0.25) is 0 Å². The highest BCUT2D eigenvalue weighted by Gasteiger charge is 2.22. The van der Waals surface area contributed by atoms with Gasteiger partial charge >= 0.3 is 0 Å². The summed E-state index contributed by atoms with van der Waals surface area (Å²) < 4.78 is 4.88. The molecule has 0 bridgehead atoms. The van der Waals surface area contributed by atoms with Crippen molar-refractivity contribution >= 4 is 60.7 Å². The van der Waals surface area contributed by atoms with Crippen LogP contribution in [0.4, 0.5) is 17.1 Å². The zero-order valence-electron chi connectivity index (χ0n) is 34.5. The summed E-state index contributed by atoms with van der Waals surface area (Å²) in [5.41, 5.74) is 17.2. The SMILES string of the molecule is c1ccc(-c2ccc(N(c3ccc(-c4ccccc4)cc3)c3cc(-c4cccc5c6ccccc6n(-c6ccccc6)c45)cc(-n4c5ccccc5c5ccccc54)c3)cc2)cc1. The van der Waals surface area contributed by atoms with Crippen LogP contribution in [0.3, 0.4) is 0 Å². The van der Waals surface area contributed by atoms with Crippen LogP contribution in [0.25, 0.3) is 88.4 Å². The maximum atomic E-state index is 2.44. The van der Waals surface area contributed by atoms with Gasteiger partial charge in [-0.2, -0.15) is 0 Å². The van der Waals surface area contributed by atoms with Crippen LogP contribution in [0.1, 0.15) is 0 Å². The molecule has 0 aliphatic carbocycles. The van der Waals surface area contributed by atoms with E-state index in [4.69, 9.17) is 0 Å². The first-order valence-corrected chi connectivity index (χ1v) is 21.6. The molecular weight excluding hydrogens is 763 g/mol. The smallest absolute Gasteiger partial charge is 0.0619 e. The predicted molar refractivity (Wildman–Crippen MR) is 266 cm³/mol. The van der Waals surface area contributed by atoms with E-state index < -0.39 is 0 Å². The van der Waals surface area contributed by atoms with Crippen LogP contribution in [0.5, 0.6) is 0 Å². The van der Waals surface area contributed by atoms with Crippen LogP contribution in [0, 0.1) is 0 Å². The summed E-state index contributed by atoms with van der Waals surface area (Å²) in [6.07, 6.45) is 0. The largest absolute Gasteiger partial charge is 0.310 e. The second kappa shape index (κ2) is 15.3. The van der Waals surface area contributed by atoms with Crippen molar-refractivity contribution in [2.75, 3.05) is 4.90 Å². The molecule has 0 radical (unpaired) electrons. The summed E-state index contributed by atoms with van der Waals surface area (Å²) in [5, 5.41) is 4.92. The van der Waals surface area contributed by atoms with E-state index in [9.17, 15) is 0 Å². The zero-order valence-corrected chi connectivity index (χ0v) is 34.5. The number of rotatable bonds is 8. The van der Waals surface area contributed by atoms with Crippen molar-refractivity contribution in [3.8, 4) is 44.8 Å². The Kier molecular flexibility index (Phi) is 8.83. The van der Waals surface area contributed by atoms with Gasteiger partial charge in [0.25, 0.3) is 0 Å². The highest BCUT2D eigenvalue weighted by molar-refractivity contribution is 6.14. The molecule has 10 aromatic carbocycles. The molecule has 0 spiro atoms. The lowest BCUT2D eigenvalue weighted by Crippen LogP contribution is -2.11. The number of para-hydroxylation sites is 5. The lowest BCUT2D eigenvalue weighted by atomic mass is 9.99. The molecule has 0 fully saturated rings. The Morgan fingerprint density at radius 1 is 0.254 bits per heavy atom. The number of aromatic nitrogens is 2. The fourth-order valence-electron chi connectivity index (χ4n) is 9.62. The second-order valence-electron chi connectivity index (χ2n) is 16.2. The summed E-state index contributed by atoms with van der Waals surface area (Å²) >= 11 is 0. The molecule has 0 amide bonds. The van der Waals surface area contributed by atoms with Crippen LogP contribution >= 0.6 is 0 Å². The molecule has 0 N–H and O–H groups in total. The van der Waals surface area contributed by atoms with E-state index >= 15 is 0 Å². The fraction of sp³-hybridized carbons (Fsp3) is 0. The van der Waals surface area contributed by atoms with Gasteiger partial charge in [0.05, 0.1) is 22.1 Å². The van der Waals surface area contributed by atoms with E-state index in [1.54, 1.807) is 0 Å². The van der Waals surface area contributed by atoms with Gasteiger partial charge in [0.1, 0.15) is 0 Å². The molecule has 0 unspecified atom stereocenters. The van der Waals surface area contributed by atoms with E-state index in [1.165, 1.54) is 65.9 Å². The third-order valence-electron chi connectivity index (χ3n) is 12.5. The Balaban J connectivity index is 1.15. The summed E-state index contributed by atoms with van der Waals surface area (Å²) in [4.78, 5) is 2.41. The minimum absolute atomic E-state index is 1.06. The number of nitrogens with zero attached hydrogens (tertiary/aromatic N) is 3. The molecule has 3 heteroatoms. The van der Waals surface area contributed by atoms with Crippen LogP contribution in [-0.2, 0) is 0 Å². The topological polar surface area (TPSA) is 13.1 Å². The lowest BCUT2D eigenvalue weighted by Gasteiger charge is -2.27. The standard InChI is InChI=1S/C60H41N3/c1-4-17-42(18-5-1)44-31-35-48(36-32-44)61(49-37-33-45(34-38-49)43-19-6-2-7-20-43)50-39-46(40-51(41-50)62-57-28-13-10-23-53(57)54-24-11-14-29-58(54)62)52-26-16-27-56-55-25-12-15-30-59(55)63(60(52)56)47-21-8-3-9-22-47/h1-41H. The van der Waals surface area contributed by atoms with Gasteiger partial charge in [0, 0.05) is 55.5 Å². The van der Waals surface area contributed by atoms with Crippen molar-refractivity contribution < 1.29 is 0 Å². The first kappa shape index (κ1) is 36.5. The minimum Gasteiger partial charge on any atom is -0.310 e. The third kappa shape index (κ3) is 6.29. The molecule has 0 aliphatic heterocycles. The Bertz CT molecular complexity index is 3450. The third-order valence-corrected chi connectivity index (χ3v) is 12.5. The first-order valence-electron chi connectivity index (χ1n) is 21.6. The van der Waals surface area contributed by atoms with Crippen molar-refractivity contribution in [1.82, 2.24) is 9.13 Å². The molecule has 2 heterocycles. The van der Waals surface area contributed by atoms with Crippen LogP contribution in [0.15, 0.2) is 249 Å². The van der Waals surface area contributed by atoms with Gasteiger partial charge in [-0.1, -0.05) is 176 Å². The molecule has 296 valence electrons. The van der Waals surface area contributed by atoms with Crippen molar-refractivity contribution in [1.29, 1.82) is 0 Å². The van der Waals surface area contributed by atoms with E-state index in [2.05, 4.69) is 263 Å². The predicted octanol–water partition coefficient (Wildman–Crippen LogP) is 16.4. The van der Waals surface area contributed by atoms with Crippen LogP contribution in [-0.4, -0.2) is 9.13 Å². The Morgan fingerprint density at radius 3 is 1.22 bits per heavy atom. The summed E-state index contributed by atoms with van der Waals surface area (Å²) in [6.45, 7) is 0. The number of hydrogen-bond acceptors (Lipinski definition) is 1. The van der Waals surface area contributed by atoms with Crippen molar-refractivity contribution in [2.45, 2.75) is 0 Å². The van der Waals surface area contributed by atoms with Crippen molar-refractivity contribution in [3.05, 3.63) is 249 Å². The Labute approximate surface area is 366 Å². The quantitative estimate of drug-likeness (QED) is 0.149. The van der Waals surface area contributed by atoms with E-state index in [0.29, 0.717) is 0 Å². The number of anilines is 3. The van der Waals surface area contributed by atoms with Crippen LogP contribution in [0.2, 0.25) is 0 Å². The van der Waals surface area contributed by atoms with Crippen LogP contribution < -0.4 is 4.90 Å². The number of fused-ring (bicyclic) bond motifs is 6. The monoisotopic (exact) mass is 803 g/mol. The van der Waals surface area contributed by atoms with Crippen molar-refractivity contribution in [2.24, 2.45) is 0 Å². The molecule has 0 atom stereocenters. The molecule has 12 aromatic rings. The minimum atomic E-state index is 1.06. The number of hydrogen-bond donors (Lipinski definition) is 0. The average molecular weight is 804 g/mol. The maximum Gasteiger partial charge on any atom is 0.0619 e. The molecular formula is C60H41N3. The fourth-order valence-corrected chi connectivity index (χ4v) is 9.62. The summed E-state index contributed by atoms with van der Waals surface area (Å²) in [6, 6.07) is 90.3. The Morgan fingerprint density at radius 2 is 0.683 bits per heavy atom. The number of benzene rings is 10. The van der Waals surface area contributed by atoms with E-state index in [1.807, 2.05) is 0 Å². The van der Waals surface area contributed by atoms with E-state index in [0.717, 1.165) is 39.6 Å². The molecule has 0 saturated carbocycles. The normalized spacial score (nSPS) is 11.5. The molecule has 12 rings (SSSR count). The molecule has 0 aliphatic rings. The average Bonchev–Trinajstić information content (AvgIpc) is 3.89. The lowest BCUT2D eigenvalue weighted by molar-refractivity contribution is 1.17. The second-order valence-corrected chi connectivity index (χ2v) is 16.2. The molecule has 3 nitrogen and oxygen atoms in total. The zero-order chi connectivity index (χ0) is 41.7. The van der Waals surface area contributed by atoms with E-state index in [-0.39, 0.29) is 0 Å². The maximum absolute atomic E-state index is 2.44. The summed E-state index contributed by atoms with van der Waals surface area (Å²) in [5.74, 6) is 0. The molecule has 2 aromatic heterocycles. The van der Waals surface area contributed by atoms with Gasteiger partial charge < -0.3 is 14.0 Å². The van der Waals surface area contributed by atoms with Gasteiger partial charge in [-0.15, -0.1) is 0 Å².